The summed E-state index contributed by atoms with van der Waals surface area (Å²) in [5.41, 5.74) is 7.39. The van der Waals surface area contributed by atoms with Gasteiger partial charge in [0.1, 0.15) is 5.82 Å². The van der Waals surface area contributed by atoms with E-state index in [4.69, 9.17) is 10.5 Å². The lowest BCUT2D eigenvalue weighted by molar-refractivity contribution is 0.329. The van der Waals surface area contributed by atoms with Gasteiger partial charge in [-0.2, -0.15) is 4.98 Å². The number of pyridine rings is 2. The van der Waals surface area contributed by atoms with Crippen LogP contribution in [0.25, 0.3) is 0 Å². The van der Waals surface area contributed by atoms with Crippen molar-refractivity contribution >= 4 is 11.5 Å². The van der Waals surface area contributed by atoms with Gasteiger partial charge in [0, 0.05) is 18.9 Å². The van der Waals surface area contributed by atoms with E-state index < -0.39 is 0 Å². The number of nitrogens with one attached hydrogen (secondary N) is 1. The Balaban J connectivity index is 2.03. The van der Waals surface area contributed by atoms with Gasteiger partial charge in [-0.05, 0) is 30.7 Å². The minimum Gasteiger partial charge on any atom is -0.476 e. The molecule has 2 heterocycles. The summed E-state index contributed by atoms with van der Waals surface area (Å²) >= 11 is 0. The van der Waals surface area contributed by atoms with E-state index in [-0.39, 0.29) is 0 Å². The molecule has 0 amide bonds. The van der Waals surface area contributed by atoms with Crippen molar-refractivity contribution in [2.75, 3.05) is 17.7 Å². The smallest absolute Gasteiger partial charge is 0.239 e. The molecule has 0 aliphatic carbocycles. The van der Waals surface area contributed by atoms with Crippen molar-refractivity contribution in [1.29, 1.82) is 0 Å². The molecule has 0 unspecified atom stereocenters. The standard InChI is InChI=1S/C13H16N4O/c1-2-18-13-11(14)5-6-12(17-13)16-9-10-4-3-7-15-8-10/h3-8H,2,9,14H2,1H3,(H,16,17). The quantitative estimate of drug-likeness (QED) is 0.842. The summed E-state index contributed by atoms with van der Waals surface area (Å²) in [6, 6.07) is 7.51. The predicted molar refractivity (Wildman–Crippen MR) is 71.4 cm³/mol. The number of anilines is 2. The molecule has 2 aromatic rings. The molecule has 94 valence electrons. The average Bonchev–Trinajstić information content (AvgIpc) is 2.41. The summed E-state index contributed by atoms with van der Waals surface area (Å²) in [6.45, 7) is 3.11. The third-order valence-electron chi connectivity index (χ3n) is 2.37. The lowest BCUT2D eigenvalue weighted by Crippen LogP contribution is -2.05. The highest BCUT2D eigenvalue weighted by atomic mass is 16.5. The maximum Gasteiger partial charge on any atom is 0.239 e. The molecule has 0 aliphatic rings. The van der Waals surface area contributed by atoms with Crippen LogP contribution in [0, 0.1) is 0 Å². The first kappa shape index (κ1) is 12.2. The van der Waals surface area contributed by atoms with Crippen molar-refractivity contribution < 1.29 is 4.74 Å². The Bertz CT molecular complexity index is 502. The second kappa shape index (κ2) is 5.86. The van der Waals surface area contributed by atoms with Gasteiger partial charge in [0.25, 0.3) is 0 Å². The average molecular weight is 244 g/mol. The zero-order valence-corrected chi connectivity index (χ0v) is 10.3. The van der Waals surface area contributed by atoms with Gasteiger partial charge in [0.05, 0.1) is 12.3 Å². The molecule has 0 radical (unpaired) electrons. The first-order chi connectivity index (χ1) is 8.79. The van der Waals surface area contributed by atoms with Crippen LogP contribution < -0.4 is 15.8 Å². The first-order valence-corrected chi connectivity index (χ1v) is 5.81. The summed E-state index contributed by atoms with van der Waals surface area (Å²) < 4.78 is 5.34. The van der Waals surface area contributed by atoms with Gasteiger partial charge in [-0.15, -0.1) is 0 Å². The van der Waals surface area contributed by atoms with Crippen LogP contribution in [0.4, 0.5) is 11.5 Å². The van der Waals surface area contributed by atoms with E-state index in [0.717, 1.165) is 11.4 Å². The number of hydrogen-bond donors (Lipinski definition) is 2. The summed E-state index contributed by atoms with van der Waals surface area (Å²) in [4.78, 5) is 8.35. The van der Waals surface area contributed by atoms with E-state index in [1.165, 1.54) is 0 Å². The minimum absolute atomic E-state index is 0.466. The Kier molecular flexibility index (Phi) is 3.96. The molecule has 0 saturated carbocycles. The zero-order chi connectivity index (χ0) is 12.8. The van der Waals surface area contributed by atoms with Crippen molar-refractivity contribution in [3.63, 3.8) is 0 Å². The highest BCUT2D eigenvalue weighted by Crippen LogP contribution is 2.20. The van der Waals surface area contributed by atoms with Crippen molar-refractivity contribution in [1.82, 2.24) is 9.97 Å². The van der Waals surface area contributed by atoms with Crippen LogP contribution in [0.3, 0.4) is 0 Å². The number of nitrogens with two attached hydrogens (primary N) is 1. The first-order valence-electron chi connectivity index (χ1n) is 5.81. The largest absolute Gasteiger partial charge is 0.476 e. The maximum atomic E-state index is 5.76. The Morgan fingerprint density at radius 3 is 2.94 bits per heavy atom. The van der Waals surface area contributed by atoms with Gasteiger partial charge >= 0.3 is 0 Å². The number of nitrogen functional groups attached to an aromatic ring is 1. The van der Waals surface area contributed by atoms with Crippen molar-refractivity contribution in [2.45, 2.75) is 13.5 Å². The van der Waals surface area contributed by atoms with Crippen LogP contribution in [0.1, 0.15) is 12.5 Å². The van der Waals surface area contributed by atoms with E-state index >= 15 is 0 Å². The van der Waals surface area contributed by atoms with E-state index in [1.54, 1.807) is 12.3 Å². The van der Waals surface area contributed by atoms with Crippen molar-refractivity contribution in [2.24, 2.45) is 0 Å². The summed E-state index contributed by atoms with van der Waals surface area (Å²) in [5.74, 6) is 1.20. The molecule has 5 heteroatoms. The molecule has 3 N–H and O–H groups in total. The number of rotatable bonds is 5. The Labute approximate surface area is 106 Å². The Hall–Kier alpha value is -2.30. The topological polar surface area (TPSA) is 73.1 Å². The SMILES string of the molecule is CCOc1nc(NCc2cccnc2)ccc1N. The zero-order valence-electron chi connectivity index (χ0n) is 10.3. The maximum absolute atomic E-state index is 5.76. The van der Waals surface area contributed by atoms with E-state index in [0.29, 0.717) is 24.7 Å². The predicted octanol–water partition coefficient (Wildman–Crippen LogP) is 2.07. The number of ether oxygens (including phenoxy) is 1. The fraction of sp³-hybridized carbons (Fsp3) is 0.231. The van der Waals surface area contributed by atoms with Crippen LogP contribution >= 0.6 is 0 Å². The van der Waals surface area contributed by atoms with Gasteiger partial charge in [-0.25, -0.2) is 0 Å². The summed E-state index contributed by atoms with van der Waals surface area (Å²) in [6.07, 6.45) is 3.56. The van der Waals surface area contributed by atoms with E-state index in [2.05, 4.69) is 15.3 Å². The van der Waals surface area contributed by atoms with E-state index in [9.17, 15) is 0 Å². The molecule has 0 atom stereocenters. The molecular formula is C13H16N4O. The van der Waals surface area contributed by atoms with Crippen LogP contribution in [-0.4, -0.2) is 16.6 Å². The summed E-state index contributed by atoms with van der Waals surface area (Å²) in [5, 5.41) is 3.20. The molecule has 0 spiro atoms. The van der Waals surface area contributed by atoms with Gasteiger partial charge in [-0.3, -0.25) is 4.98 Å². The molecule has 18 heavy (non-hydrogen) atoms. The fourth-order valence-corrected chi connectivity index (χ4v) is 1.50. The molecule has 2 aromatic heterocycles. The highest BCUT2D eigenvalue weighted by molar-refractivity contribution is 5.53. The second-order valence-corrected chi connectivity index (χ2v) is 3.74. The van der Waals surface area contributed by atoms with E-state index in [1.807, 2.05) is 31.3 Å². The third-order valence-corrected chi connectivity index (χ3v) is 2.37. The second-order valence-electron chi connectivity index (χ2n) is 3.74. The molecule has 0 saturated heterocycles. The molecule has 5 nitrogen and oxygen atoms in total. The highest BCUT2D eigenvalue weighted by Gasteiger charge is 2.03. The van der Waals surface area contributed by atoms with Crippen molar-refractivity contribution in [3.05, 3.63) is 42.2 Å². The van der Waals surface area contributed by atoms with Gasteiger partial charge < -0.3 is 15.8 Å². The Morgan fingerprint density at radius 2 is 2.22 bits per heavy atom. The number of aromatic nitrogens is 2. The number of nitrogens with zero attached hydrogens (tertiary/aromatic N) is 2. The van der Waals surface area contributed by atoms with Crippen LogP contribution in [0.5, 0.6) is 5.88 Å². The van der Waals surface area contributed by atoms with Gasteiger partial charge in [0.15, 0.2) is 0 Å². The summed E-state index contributed by atoms with van der Waals surface area (Å²) in [7, 11) is 0. The normalized spacial score (nSPS) is 10.1. The molecule has 0 fully saturated rings. The molecule has 0 bridgehead atoms. The molecule has 0 aliphatic heterocycles. The fourth-order valence-electron chi connectivity index (χ4n) is 1.50. The number of hydrogen-bond acceptors (Lipinski definition) is 5. The minimum atomic E-state index is 0.466. The third kappa shape index (κ3) is 3.10. The van der Waals surface area contributed by atoms with Crippen LogP contribution in [-0.2, 0) is 6.54 Å². The molecule has 0 aromatic carbocycles. The molecule has 2 rings (SSSR count). The lowest BCUT2D eigenvalue weighted by Gasteiger charge is -2.09. The van der Waals surface area contributed by atoms with Gasteiger partial charge in [-0.1, -0.05) is 6.07 Å². The van der Waals surface area contributed by atoms with Gasteiger partial charge in [0.2, 0.25) is 5.88 Å². The monoisotopic (exact) mass is 244 g/mol. The Morgan fingerprint density at radius 1 is 1.33 bits per heavy atom. The van der Waals surface area contributed by atoms with Crippen molar-refractivity contribution in [3.8, 4) is 5.88 Å². The van der Waals surface area contributed by atoms with Crippen LogP contribution in [0.2, 0.25) is 0 Å². The van der Waals surface area contributed by atoms with Crippen LogP contribution in [0.15, 0.2) is 36.7 Å². The molecular weight excluding hydrogens is 228 g/mol. The lowest BCUT2D eigenvalue weighted by atomic mass is 10.3.